The maximum absolute atomic E-state index is 12.3. The molecule has 0 atom stereocenters. The summed E-state index contributed by atoms with van der Waals surface area (Å²) in [6.45, 7) is 0. The summed E-state index contributed by atoms with van der Waals surface area (Å²) >= 11 is 0. The van der Waals surface area contributed by atoms with Crippen LogP contribution in [0.15, 0.2) is 30.3 Å². The lowest BCUT2D eigenvalue weighted by Gasteiger charge is -2.33. The fourth-order valence-electron chi connectivity index (χ4n) is 2.45. The maximum atomic E-state index is 12.3. The molecule has 1 aromatic rings. The molecule has 1 saturated heterocycles. The second-order valence-electron chi connectivity index (χ2n) is 5.75. The molecule has 7 heteroatoms. The van der Waals surface area contributed by atoms with Crippen molar-refractivity contribution in [2.24, 2.45) is 5.92 Å². The van der Waals surface area contributed by atoms with Gasteiger partial charge in [0, 0.05) is 6.42 Å². The Kier molecular flexibility index (Phi) is 3.85. The van der Waals surface area contributed by atoms with Crippen molar-refractivity contribution in [2.75, 3.05) is 0 Å². The molecule has 23 heavy (non-hydrogen) atoms. The van der Waals surface area contributed by atoms with Gasteiger partial charge in [0.2, 0.25) is 0 Å². The Labute approximate surface area is 132 Å². The molecule has 3 rings (SSSR count). The molecular formula is C16H16N2O5. The van der Waals surface area contributed by atoms with Gasteiger partial charge >= 0.3 is 12.0 Å². The van der Waals surface area contributed by atoms with Gasteiger partial charge in [-0.15, -0.1) is 0 Å². The number of imide groups is 2. The Morgan fingerprint density at radius 3 is 2.26 bits per heavy atom. The van der Waals surface area contributed by atoms with Crippen LogP contribution in [0.2, 0.25) is 0 Å². The summed E-state index contributed by atoms with van der Waals surface area (Å²) in [4.78, 5) is 47.8. The number of nitrogens with one attached hydrogen (secondary N) is 2. The van der Waals surface area contributed by atoms with Crippen LogP contribution in [0.5, 0.6) is 0 Å². The van der Waals surface area contributed by atoms with Crippen LogP contribution in [0.1, 0.15) is 24.8 Å². The minimum Gasteiger partial charge on any atom is -0.438 e. The highest BCUT2D eigenvalue weighted by molar-refractivity contribution is 6.22. The first-order chi connectivity index (χ1) is 11.0. The van der Waals surface area contributed by atoms with Gasteiger partial charge in [0.05, 0.1) is 5.92 Å². The molecule has 0 spiro atoms. The number of hydrogen-bond donors (Lipinski definition) is 2. The summed E-state index contributed by atoms with van der Waals surface area (Å²) < 4.78 is 5.28. The van der Waals surface area contributed by atoms with Crippen LogP contribution in [0.4, 0.5) is 4.79 Å². The van der Waals surface area contributed by atoms with E-state index in [0.29, 0.717) is 19.3 Å². The van der Waals surface area contributed by atoms with Crippen molar-refractivity contribution < 1.29 is 23.9 Å². The predicted octanol–water partition coefficient (Wildman–Crippen LogP) is 0.677. The Balaban J connectivity index is 1.82. The molecule has 2 N–H and O–H groups in total. The maximum Gasteiger partial charge on any atom is 0.328 e. The van der Waals surface area contributed by atoms with E-state index in [-0.39, 0.29) is 12.3 Å². The van der Waals surface area contributed by atoms with E-state index < -0.39 is 29.4 Å². The molecule has 1 aliphatic heterocycles. The topological polar surface area (TPSA) is 102 Å². The molecule has 0 bridgehead atoms. The zero-order chi connectivity index (χ0) is 16.4. The van der Waals surface area contributed by atoms with E-state index >= 15 is 0 Å². The molecule has 7 nitrogen and oxygen atoms in total. The third kappa shape index (κ3) is 3.08. The van der Waals surface area contributed by atoms with Crippen molar-refractivity contribution in [3.05, 3.63) is 35.9 Å². The summed E-state index contributed by atoms with van der Waals surface area (Å²) in [6.07, 6.45) is 1.71. The number of urea groups is 1. The fourth-order valence-corrected chi connectivity index (χ4v) is 2.45. The monoisotopic (exact) mass is 316 g/mol. The molecule has 0 unspecified atom stereocenters. The first kappa shape index (κ1) is 15.2. The van der Waals surface area contributed by atoms with Gasteiger partial charge in [0.25, 0.3) is 17.4 Å². The number of carbonyl (C=O) groups excluding carboxylic acids is 4. The van der Waals surface area contributed by atoms with Gasteiger partial charge in [-0.05, 0) is 24.8 Å². The van der Waals surface area contributed by atoms with E-state index in [9.17, 15) is 19.2 Å². The van der Waals surface area contributed by atoms with Gasteiger partial charge in [-0.2, -0.15) is 0 Å². The van der Waals surface area contributed by atoms with Crippen LogP contribution in [0, 0.1) is 5.92 Å². The number of esters is 1. The summed E-state index contributed by atoms with van der Waals surface area (Å²) in [5.74, 6) is -2.62. The van der Waals surface area contributed by atoms with E-state index in [4.69, 9.17) is 4.74 Å². The van der Waals surface area contributed by atoms with Gasteiger partial charge in [-0.25, -0.2) is 4.79 Å². The third-order valence-corrected chi connectivity index (χ3v) is 3.98. The van der Waals surface area contributed by atoms with Gasteiger partial charge in [-0.1, -0.05) is 30.3 Å². The molecule has 1 aliphatic carbocycles. The first-order valence-electron chi connectivity index (χ1n) is 7.45. The summed E-state index contributed by atoms with van der Waals surface area (Å²) in [7, 11) is 0. The van der Waals surface area contributed by atoms with E-state index in [0.717, 1.165) is 5.56 Å². The summed E-state index contributed by atoms with van der Waals surface area (Å²) in [6, 6.07) is 8.31. The SMILES string of the molecule is O=C1NC(=O)C(CCc2ccccc2)(OC(=O)C2CC2)C(=O)N1. The second-order valence-corrected chi connectivity index (χ2v) is 5.75. The van der Waals surface area contributed by atoms with Crippen LogP contribution in [0.3, 0.4) is 0 Å². The molecule has 4 amide bonds. The number of ether oxygens (including phenoxy) is 1. The number of benzene rings is 1. The second kappa shape index (κ2) is 5.83. The summed E-state index contributed by atoms with van der Waals surface area (Å²) in [5.41, 5.74) is -1.10. The molecule has 1 heterocycles. The number of aryl methyl sites for hydroxylation is 1. The van der Waals surface area contributed by atoms with Crippen molar-refractivity contribution in [1.82, 2.24) is 10.6 Å². The lowest BCUT2D eigenvalue weighted by Crippen LogP contribution is -2.68. The normalized spacial score (nSPS) is 19.7. The Morgan fingerprint density at radius 1 is 1.09 bits per heavy atom. The largest absolute Gasteiger partial charge is 0.438 e. The minimum absolute atomic E-state index is 0.0274. The van der Waals surface area contributed by atoms with Crippen molar-refractivity contribution in [2.45, 2.75) is 31.3 Å². The highest BCUT2D eigenvalue weighted by Gasteiger charge is 2.54. The quantitative estimate of drug-likeness (QED) is 0.614. The molecule has 2 aliphatic rings. The third-order valence-electron chi connectivity index (χ3n) is 3.98. The highest BCUT2D eigenvalue weighted by Crippen LogP contribution is 2.33. The molecular weight excluding hydrogens is 300 g/mol. The van der Waals surface area contributed by atoms with E-state index in [2.05, 4.69) is 0 Å². The van der Waals surface area contributed by atoms with Crippen LogP contribution >= 0.6 is 0 Å². The summed E-state index contributed by atoms with van der Waals surface area (Å²) in [5, 5.41) is 4.03. The Morgan fingerprint density at radius 2 is 1.70 bits per heavy atom. The number of barbiturate groups is 1. The van der Waals surface area contributed by atoms with E-state index in [1.54, 1.807) is 0 Å². The van der Waals surface area contributed by atoms with Crippen LogP contribution in [0.25, 0.3) is 0 Å². The number of carbonyl (C=O) groups is 4. The molecule has 0 aromatic heterocycles. The van der Waals surface area contributed by atoms with Gasteiger partial charge in [0.1, 0.15) is 0 Å². The van der Waals surface area contributed by atoms with Crippen LogP contribution in [-0.4, -0.2) is 29.4 Å². The average molecular weight is 316 g/mol. The first-order valence-corrected chi connectivity index (χ1v) is 7.45. The fraction of sp³-hybridized carbons (Fsp3) is 0.375. The Hall–Kier alpha value is -2.70. The van der Waals surface area contributed by atoms with Gasteiger partial charge in [-0.3, -0.25) is 25.0 Å². The molecule has 0 radical (unpaired) electrons. The van der Waals surface area contributed by atoms with Gasteiger partial charge in [0.15, 0.2) is 0 Å². The molecule has 1 aromatic carbocycles. The Bertz CT molecular complexity index is 646. The number of rotatable bonds is 5. The van der Waals surface area contributed by atoms with Crippen molar-refractivity contribution >= 4 is 23.8 Å². The van der Waals surface area contributed by atoms with Crippen LogP contribution in [-0.2, 0) is 25.5 Å². The zero-order valence-electron chi connectivity index (χ0n) is 12.3. The number of amides is 4. The number of hydrogen-bond acceptors (Lipinski definition) is 5. The van der Waals surface area contributed by atoms with Crippen molar-refractivity contribution in [1.29, 1.82) is 0 Å². The van der Waals surface area contributed by atoms with Gasteiger partial charge < -0.3 is 4.74 Å². The highest BCUT2D eigenvalue weighted by atomic mass is 16.6. The smallest absolute Gasteiger partial charge is 0.328 e. The lowest BCUT2D eigenvalue weighted by atomic mass is 9.91. The van der Waals surface area contributed by atoms with Crippen molar-refractivity contribution in [3.8, 4) is 0 Å². The molecule has 1 saturated carbocycles. The molecule has 2 fully saturated rings. The zero-order valence-corrected chi connectivity index (χ0v) is 12.3. The minimum atomic E-state index is -2.00. The predicted molar refractivity (Wildman–Crippen MR) is 78.0 cm³/mol. The molecule has 120 valence electrons. The van der Waals surface area contributed by atoms with Crippen LogP contribution < -0.4 is 10.6 Å². The van der Waals surface area contributed by atoms with E-state index in [1.165, 1.54) is 0 Å². The average Bonchev–Trinajstić information content (AvgIpc) is 3.35. The standard InChI is InChI=1S/C16H16N2O5/c19-12(11-6-7-11)23-16(9-8-10-4-2-1-3-5-10)13(20)17-15(22)18-14(16)21/h1-5,11H,6-9H2,(H2,17,18,20,21,22). The van der Waals surface area contributed by atoms with Crippen molar-refractivity contribution in [3.63, 3.8) is 0 Å². The van der Waals surface area contributed by atoms with E-state index in [1.807, 2.05) is 41.0 Å². The lowest BCUT2D eigenvalue weighted by molar-refractivity contribution is -0.177.